The third kappa shape index (κ3) is 8.52. The van der Waals surface area contributed by atoms with Gasteiger partial charge in [-0.1, -0.05) is 140 Å². The maximum absolute atomic E-state index is 13.6. The topological polar surface area (TPSA) is 47.1 Å². The second kappa shape index (κ2) is 19.0. The van der Waals surface area contributed by atoms with E-state index in [0.29, 0.717) is 22.3 Å². The van der Waals surface area contributed by atoms with Crippen LogP contribution in [0.5, 0.6) is 0 Å². The zero-order valence-electron chi connectivity index (χ0n) is 42.0. The van der Waals surface area contributed by atoms with Gasteiger partial charge < -0.3 is 13.9 Å². The molecule has 3 heterocycles. The van der Waals surface area contributed by atoms with Crippen molar-refractivity contribution < 1.29 is 30.8 Å². The molecular weight excluding hydrogens is 1030 g/mol. The van der Waals surface area contributed by atoms with Crippen molar-refractivity contribution in [2.75, 3.05) is 4.90 Å². The first-order chi connectivity index (χ1) is 38.9. The number of para-hydroxylation sites is 2. The Balaban J connectivity index is 0.846. The molecule has 0 fully saturated rings. The van der Waals surface area contributed by atoms with Crippen LogP contribution in [0, 0.1) is 0 Å². The zero-order valence-corrected chi connectivity index (χ0v) is 42.8. The molecule has 0 N–H and O–H groups in total. The molecular formula is C68H40F6N4OS. The van der Waals surface area contributed by atoms with Gasteiger partial charge >= 0.3 is 12.4 Å². The van der Waals surface area contributed by atoms with Crippen molar-refractivity contribution in [1.29, 1.82) is 0 Å². The Labute approximate surface area is 457 Å². The van der Waals surface area contributed by atoms with Gasteiger partial charge in [-0.05, 0) is 148 Å². The van der Waals surface area contributed by atoms with Crippen LogP contribution >= 0.6 is 11.7 Å². The lowest BCUT2D eigenvalue weighted by Crippen LogP contribution is -2.10. The van der Waals surface area contributed by atoms with Crippen molar-refractivity contribution in [3.63, 3.8) is 0 Å². The number of nitrogens with zero attached hydrogens (tertiary/aromatic N) is 4. The molecule has 0 atom stereocenters. The molecule has 5 nitrogen and oxygen atoms in total. The van der Waals surface area contributed by atoms with Crippen molar-refractivity contribution >= 4 is 83.6 Å². The van der Waals surface area contributed by atoms with Crippen molar-refractivity contribution in [2.24, 2.45) is 0 Å². The summed E-state index contributed by atoms with van der Waals surface area (Å²) in [4.78, 5) is 2.21. The minimum absolute atomic E-state index is 0.605. The Morgan fingerprint density at radius 3 is 1.45 bits per heavy atom. The Kier molecular flexibility index (Phi) is 11.5. The molecule has 0 aliphatic carbocycles. The molecule has 0 radical (unpaired) electrons. The van der Waals surface area contributed by atoms with E-state index in [1.165, 1.54) is 24.3 Å². The molecule has 0 unspecified atom stereocenters. The van der Waals surface area contributed by atoms with Crippen LogP contribution in [-0.2, 0) is 12.4 Å². The highest BCUT2D eigenvalue weighted by molar-refractivity contribution is 7.00. The molecule has 80 heavy (non-hydrogen) atoms. The van der Waals surface area contributed by atoms with Gasteiger partial charge in [0.25, 0.3) is 0 Å². The number of rotatable bonds is 9. The van der Waals surface area contributed by atoms with E-state index in [0.717, 1.165) is 147 Å². The van der Waals surface area contributed by atoms with E-state index >= 15 is 0 Å². The summed E-state index contributed by atoms with van der Waals surface area (Å²) < 4.78 is 99.7. The van der Waals surface area contributed by atoms with Crippen molar-refractivity contribution in [1.82, 2.24) is 13.3 Å². The van der Waals surface area contributed by atoms with E-state index in [4.69, 9.17) is 13.2 Å². The molecule has 0 bridgehead atoms. The van der Waals surface area contributed by atoms with Crippen LogP contribution in [0.15, 0.2) is 247 Å². The van der Waals surface area contributed by atoms with Gasteiger partial charge in [0, 0.05) is 49.7 Å². The summed E-state index contributed by atoms with van der Waals surface area (Å²) in [6.45, 7) is 0. The van der Waals surface area contributed by atoms with E-state index in [1.54, 1.807) is 0 Å². The van der Waals surface area contributed by atoms with Gasteiger partial charge in [-0.2, -0.15) is 35.1 Å². The number of halogens is 6. The largest absolute Gasteiger partial charge is 0.455 e. The minimum atomic E-state index is -4.48. The van der Waals surface area contributed by atoms with Crippen LogP contribution in [0.25, 0.3) is 116 Å². The molecule has 0 saturated carbocycles. The van der Waals surface area contributed by atoms with Crippen LogP contribution in [-0.4, -0.2) is 13.3 Å². The number of alkyl halides is 6. The van der Waals surface area contributed by atoms with E-state index in [1.807, 2.05) is 84.9 Å². The molecule has 386 valence electrons. The number of benzene rings is 11. The van der Waals surface area contributed by atoms with Gasteiger partial charge in [-0.25, -0.2) is 0 Å². The normalized spacial score (nSPS) is 12.1. The summed E-state index contributed by atoms with van der Waals surface area (Å²) in [5.74, 6) is 0. The summed E-state index contributed by atoms with van der Waals surface area (Å²) in [7, 11) is 0. The second-order valence-corrected chi connectivity index (χ2v) is 20.2. The lowest BCUT2D eigenvalue weighted by Gasteiger charge is -2.26. The minimum Gasteiger partial charge on any atom is -0.455 e. The molecule has 0 amide bonds. The Morgan fingerprint density at radius 1 is 0.375 bits per heavy atom. The first-order valence-electron chi connectivity index (χ1n) is 25.7. The quantitative estimate of drug-likeness (QED) is 0.135. The van der Waals surface area contributed by atoms with E-state index < -0.39 is 23.5 Å². The van der Waals surface area contributed by atoms with E-state index in [9.17, 15) is 26.3 Å². The van der Waals surface area contributed by atoms with E-state index in [-0.39, 0.29) is 0 Å². The second-order valence-electron chi connectivity index (χ2n) is 19.7. The summed E-state index contributed by atoms with van der Waals surface area (Å²) in [5.41, 5.74) is 15.5. The van der Waals surface area contributed by atoms with Crippen LogP contribution < -0.4 is 4.90 Å². The average Bonchev–Trinajstić information content (AvgIpc) is 4.36. The smallest absolute Gasteiger partial charge is 0.416 e. The van der Waals surface area contributed by atoms with Gasteiger partial charge in [0.15, 0.2) is 0 Å². The van der Waals surface area contributed by atoms with Gasteiger partial charge in [0.2, 0.25) is 0 Å². The lowest BCUT2D eigenvalue weighted by molar-refractivity contribution is -0.138. The fraction of sp³-hybridized carbons (Fsp3) is 0.0294. The fourth-order valence-electron chi connectivity index (χ4n) is 11.0. The highest BCUT2D eigenvalue weighted by Gasteiger charge is 2.31. The predicted molar refractivity (Wildman–Crippen MR) is 311 cm³/mol. The van der Waals surface area contributed by atoms with Crippen molar-refractivity contribution in [3.05, 3.63) is 254 Å². The average molecular weight is 1080 g/mol. The van der Waals surface area contributed by atoms with E-state index in [2.05, 4.69) is 119 Å². The van der Waals surface area contributed by atoms with Crippen molar-refractivity contribution in [2.45, 2.75) is 12.4 Å². The third-order valence-electron chi connectivity index (χ3n) is 15.0. The Hall–Kier alpha value is -9.78. The number of hydrogen-bond acceptors (Lipinski definition) is 5. The zero-order chi connectivity index (χ0) is 54.3. The monoisotopic (exact) mass is 1070 g/mol. The molecule has 12 heteroatoms. The fourth-order valence-corrected chi connectivity index (χ4v) is 11.6. The van der Waals surface area contributed by atoms with Gasteiger partial charge in [0.05, 0.1) is 39.6 Å². The molecule has 0 aliphatic rings. The maximum atomic E-state index is 13.6. The third-order valence-corrected chi connectivity index (χ3v) is 15.5. The SMILES string of the molecule is FC(F)(F)c1ccc(-c2ccc3c(c2)c2cc(-c4ccc(C(F)(F)F)cc4)ccc2n3-c2ccc(-c3ccc(N(c4ccc(-c5ccccc5)cc4)c4ccc(-c5cccc6c5oc5ccccc56)cc4)c4nsnc34)cc2)cc1. The number of furan rings is 1. The number of anilines is 3. The summed E-state index contributed by atoms with van der Waals surface area (Å²) in [6, 6.07) is 75.7. The van der Waals surface area contributed by atoms with Gasteiger partial charge in [-0.3, -0.25) is 0 Å². The molecule has 0 spiro atoms. The number of hydrogen-bond donors (Lipinski definition) is 0. The van der Waals surface area contributed by atoms with Gasteiger partial charge in [-0.15, -0.1) is 0 Å². The summed E-state index contributed by atoms with van der Waals surface area (Å²) in [5, 5.41) is 3.77. The summed E-state index contributed by atoms with van der Waals surface area (Å²) in [6.07, 6.45) is -8.96. The number of aromatic nitrogens is 3. The lowest BCUT2D eigenvalue weighted by atomic mass is 9.99. The van der Waals surface area contributed by atoms with Crippen LogP contribution in [0.4, 0.5) is 43.4 Å². The van der Waals surface area contributed by atoms with Crippen LogP contribution in [0.3, 0.4) is 0 Å². The summed E-state index contributed by atoms with van der Waals surface area (Å²) >= 11 is 1.15. The highest BCUT2D eigenvalue weighted by atomic mass is 32.1. The van der Waals surface area contributed by atoms with Gasteiger partial charge in [0.1, 0.15) is 22.2 Å². The first-order valence-corrected chi connectivity index (χ1v) is 26.4. The Bertz CT molecular complexity index is 4530. The van der Waals surface area contributed by atoms with Crippen LogP contribution in [0.2, 0.25) is 0 Å². The predicted octanol–water partition coefficient (Wildman–Crippen LogP) is 20.5. The van der Waals surface area contributed by atoms with Crippen molar-refractivity contribution in [3.8, 4) is 61.3 Å². The molecule has 3 aromatic heterocycles. The molecule has 14 rings (SSSR count). The molecule has 0 saturated heterocycles. The standard InChI is InChI=1S/C68H40F6N4OS/c69-67(70,71)49-25-13-43(14-26-49)47-23-36-60-58(39-47)59-40-48(44-15-27-50(28-16-44)68(72,73)74)24-37-61(59)78(60)53-33-19-45(20-34-53)54-35-38-62(65-64(54)75-80-76-65)77(51-29-17-42(18-30-51)41-7-2-1-3-8-41)52-31-21-46(22-32-52)55-10-6-11-57-56-9-4-5-12-63(56)79-66(55)57/h1-40H. The number of fused-ring (bicyclic) bond motifs is 7. The van der Waals surface area contributed by atoms with Crippen LogP contribution in [0.1, 0.15) is 11.1 Å². The molecule has 14 aromatic rings. The maximum Gasteiger partial charge on any atom is 0.416 e. The Morgan fingerprint density at radius 2 is 0.850 bits per heavy atom. The highest BCUT2D eigenvalue weighted by Crippen LogP contribution is 2.45. The molecule has 11 aromatic carbocycles. The first kappa shape index (κ1) is 48.6. The molecule has 0 aliphatic heterocycles.